The molecule has 22 heavy (non-hydrogen) atoms. The molecule has 0 radical (unpaired) electrons. The first-order valence-corrected chi connectivity index (χ1v) is 7.27. The lowest BCUT2D eigenvalue weighted by Gasteiger charge is -2.28. The number of Topliss-reactive ketones (excluding diaryl/α,β-unsaturated/α-hetero) is 1. The van der Waals surface area contributed by atoms with E-state index < -0.39 is 0 Å². The lowest BCUT2D eigenvalue weighted by molar-refractivity contribution is 0.0920. The quantitative estimate of drug-likeness (QED) is 0.795. The number of rotatable bonds is 4. The molecule has 0 aromatic heterocycles. The van der Waals surface area contributed by atoms with Gasteiger partial charge in [-0.3, -0.25) is 4.79 Å². The van der Waals surface area contributed by atoms with E-state index in [-0.39, 0.29) is 18.0 Å². The predicted molar refractivity (Wildman–Crippen MR) is 86.5 cm³/mol. The minimum absolute atomic E-state index is 0.0116. The Balaban J connectivity index is 1.76. The van der Waals surface area contributed by atoms with Crippen LogP contribution in [0.4, 0.5) is 0 Å². The summed E-state index contributed by atoms with van der Waals surface area (Å²) in [5, 5.41) is 0. The number of carbonyl (C=O) groups excluding carboxylic acids is 1. The molecule has 0 aliphatic carbocycles. The highest BCUT2D eigenvalue weighted by Crippen LogP contribution is 2.36. The van der Waals surface area contributed by atoms with Crippen LogP contribution in [-0.4, -0.2) is 18.0 Å². The Hall–Kier alpha value is -2.55. The number of ketones is 1. The van der Waals surface area contributed by atoms with Gasteiger partial charge >= 0.3 is 0 Å². The van der Waals surface area contributed by atoms with Gasteiger partial charge in [0.15, 0.2) is 12.4 Å². The van der Waals surface area contributed by atoms with E-state index in [0.717, 1.165) is 11.3 Å². The van der Waals surface area contributed by atoms with E-state index >= 15 is 0 Å². The Bertz CT molecular complexity index is 715. The first kappa shape index (κ1) is 14.4. The third kappa shape index (κ3) is 3.03. The number of hydrogen-bond acceptors (Lipinski definition) is 3. The molecule has 2 aromatic carbocycles. The van der Waals surface area contributed by atoms with Crippen molar-refractivity contribution in [2.24, 2.45) is 0 Å². The van der Waals surface area contributed by atoms with Crippen LogP contribution in [0.2, 0.25) is 0 Å². The summed E-state index contributed by atoms with van der Waals surface area (Å²) in [6, 6.07) is 14.8. The molecule has 2 aromatic rings. The van der Waals surface area contributed by atoms with Crippen molar-refractivity contribution < 1.29 is 14.3 Å². The van der Waals surface area contributed by atoms with Crippen molar-refractivity contribution in [2.45, 2.75) is 19.4 Å². The summed E-state index contributed by atoms with van der Waals surface area (Å²) in [6.07, 6.45) is 3.97. The van der Waals surface area contributed by atoms with Crippen molar-refractivity contribution >= 4 is 11.9 Å². The SMILES string of the molecule is CC1(C)C=Cc2c(OCC(=O)c3ccccc3)cccc2O1. The average Bonchev–Trinajstić information content (AvgIpc) is 2.52. The Labute approximate surface area is 130 Å². The van der Waals surface area contributed by atoms with Crippen molar-refractivity contribution in [3.05, 3.63) is 65.7 Å². The Kier molecular flexibility index (Phi) is 3.72. The predicted octanol–water partition coefficient (Wildman–Crippen LogP) is 4.13. The Morgan fingerprint density at radius 2 is 1.86 bits per heavy atom. The van der Waals surface area contributed by atoms with Gasteiger partial charge in [-0.05, 0) is 38.1 Å². The van der Waals surface area contributed by atoms with Gasteiger partial charge in [-0.1, -0.05) is 36.4 Å². The first-order valence-electron chi connectivity index (χ1n) is 7.27. The van der Waals surface area contributed by atoms with E-state index in [2.05, 4.69) is 0 Å². The number of hydrogen-bond donors (Lipinski definition) is 0. The molecule has 0 spiro atoms. The zero-order valence-corrected chi connectivity index (χ0v) is 12.7. The lowest BCUT2D eigenvalue weighted by atomic mass is 10.0. The van der Waals surface area contributed by atoms with Gasteiger partial charge in [-0.15, -0.1) is 0 Å². The second-order valence-corrected chi connectivity index (χ2v) is 5.78. The molecule has 112 valence electrons. The molecule has 1 aliphatic rings. The zero-order chi connectivity index (χ0) is 15.6. The maximum Gasteiger partial charge on any atom is 0.200 e. The highest BCUT2D eigenvalue weighted by molar-refractivity contribution is 5.97. The van der Waals surface area contributed by atoms with E-state index in [0.29, 0.717) is 11.3 Å². The van der Waals surface area contributed by atoms with Crippen LogP contribution in [0.25, 0.3) is 6.08 Å². The molecule has 3 rings (SSSR count). The topological polar surface area (TPSA) is 35.5 Å². The highest BCUT2D eigenvalue weighted by Gasteiger charge is 2.23. The minimum atomic E-state index is -0.328. The summed E-state index contributed by atoms with van der Waals surface area (Å²) in [5.74, 6) is 1.39. The maximum absolute atomic E-state index is 12.1. The molecule has 1 heterocycles. The largest absolute Gasteiger partial charge is 0.485 e. The standard InChI is InChI=1S/C19H18O3/c1-19(2)12-11-15-17(9-6-10-18(15)22-19)21-13-16(20)14-7-4-3-5-8-14/h3-12H,13H2,1-2H3. The highest BCUT2D eigenvalue weighted by atomic mass is 16.5. The summed E-state index contributed by atoms with van der Waals surface area (Å²) in [4.78, 5) is 12.1. The molecular weight excluding hydrogens is 276 g/mol. The fourth-order valence-electron chi connectivity index (χ4n) is 2.36. The molecular formula is C19H18O3. The summed E-state index contributed by atoms with van der Waals surface area (Å²) in [7, 11) is 0. The second-order valence-electron chi connectivity index (χ2n) is 5.78. The fraction of sp³-hybridized carbons (Fsp3) is 0.211. The van der Waals surface area contributed by atoms with E-state index in [1.165, 1.54) is 0 Å². The maximum atomic E-state index is 12.1. The van der Waals surface area contributed by atoms with E-state index in [1.807, 2.05) is 62.4 Å². The van der Waals surface area contributed by atoms with Gasteiger partial charge in [0.2, 0.25) is 0 Å². The van der Waals surface area contributed by atoms with E-state index in [1.54, 1.807) is 12.1 Å². The van der Waals surface area contributed by atoms with Gasteiger partial charge in [-0.25, -0.2) is 0 Å². The van der Waals surface area contributed by atoms with Crippen molar-refractivity contribution in [3.63, 3.8) is 0 Å². The van der Waals surface area contributed by atoms with Gasteiger partial charge in [0.1, 0.15) is 17.1 Å². The third-order valence-corrected chi connectivity index (χ3v) is 3.51. The van der Waals surface area contributed by atoms with Gasteiger partial charge in [0, 0.05) is 5.56 Å². The van der Waals surface area contributed by atoms with Crippen LogP contribution < -0.4 is 9.47 Å². The van der Waals surface area contributed by atoms with Crippen LogP contribution in [0.15, 0.2) is 54.6 Å². The average molecular weight is 294 g/mol. The first-order chi connectivity index (χ1) is 10.6. The number of benzene rings is 2. The van der Waals surface area contributed by atoms with Crippen LogP contribution in [-0.2, 0) is 0 Å². The normalized spacial score (nSPS) is 14.8. The van der Waals surface area contributed by atoms with Crippen molar-refractivity contribution in [3.8, 4) is 11.5 Å². The molecule has 0 amide bonds. The molecule has 0 saturated heterocycles. The molecule has 0 bridgehead atoms. The molecule has 0 N–H and O–H groups in total. The van der Waals surface area contributed by atoms with Crippen LogP contribution in [0, 0.1) is 0 Å². The van der Waals surface area contributed by atoms with Gasteiger partial charge in [0.25, 0.3) is 0 Å². The Morgan fingerprint density at radius 3 is 2.64 bits per heavy atom. The molecule has 3 nitrogen and oxygen atoms in total. The zero-order valence-electron chi connectivity index (χ0n) is 12.7. The van der Waals surface area contributed by atoms with Crippen molar-refractivity contribution in [1.29, 1.82) is 0 Å². The minimum Gasteiger partial charge on any atom is -0.485 e. The number of ether oxygens (including phenoxy) is 2. The summed E-state index contributed by atoms with van der Waals surface area (Å²) in [5.41, 5.74) is 1.20. The van der Waals surface area contributed by atoms with Crippen molar-refractivity contribution in [2.75, 3.05) is 6.61 Å². The van der Waals surface area contributed by atoms with Crippen LogP contribution in [0.5, 0.6) is 11.5 Å². The van der Waals surface area contributed by atoms with Gasteiger partial charge in [0.05, 0.1) is 5.56 Å². The van der Waals surface area contributed by atoms with Gasteiger partial charge in [-0.2, -0.15) is 0 Å². The summed E-state index contributed by atoms with van der Waals surface area (Å²) in [6.45, 7) is 4.01. The summed E-state index contributed by atoms with van der Waals surface area (Å²) >= 11 is 0. The smallest absolute Gasteiger partial charge is 0.200 e. The van der Waals surface area contributed by atoms with Crippen LogP contribution in [0.3, 0.4) is 0 Å². The molecule has 1 aliphatic heterocycles. The molecule has 0 fully saturated rings. The molecule has 0 saturated carbocycles. The Morgan fingerprint density at radius 1 is 1.09 bits per heavy atom. The van der Waals surface area contributed by atoms with E-state index in [4.69, 9.17) is 9.47 Å². The van der Waals surface area contributed by atoms with Crippen molar-refractivity contribution in [1.82, 2.24) is 0 Å². The van der Waals surface area contributed by atoms with Crippen LogP contribution in [0.1, 0.15) is 29.8 Å². The number of fused-ring (bicyclic) bond motifs is 1. The lowest BCUT2D eigenvalue weighted by Crippen LogP contribution is -2.27. The summed E-state index contributed by atoms with van der Waals surface area (Å²) < 4.78 is 11.6. The van der Waals surface area contributed by atoms with Crippen LogP contribution >= 0.6 is 0 Å². The third-order valence-electron chi connectivity index (χ3n) is 3.51. The number of carbonyl (C=O) groups is 1. The second kappa shape index (κ2) is 5.68. The fourth-order valence-corrected chi connectivity index (χ4v) is 2.36. The molecule has 0 atom stereocenters. The monoisotopic (exact) mass is 294 g/mol. The molecule has 3 heteroatoms. The van der Waals surface area contributed by atoms with E-state index in [9.17, 15) is 4.79 Å². The molecule has 0 unspecified atom stereocenters. The van der Waals surface area contributed by atoms with Gasteiger partial charge < -0.3 is 9.47 Å².